The summed E-state index contributed by atoms with van der Waals surface area (Å²) < 4.78 is 0. The monoisotopic (exact) mass is 352 g/mol. The summed E-state index contributed by atoms with van der Waals surface area (Å²) >= 11 is 3.75. The van der Waals surface area contributed by atoms with Gasteiger partial charge >= 0.3 is 0 Å². The molecule has 6 nitrogen and oxygen atoms in total. The first-order valence-corrected chi connectivity index (χ1v) is 7.99. The second kappa shape index (κ2) is 5.63. The number of non-ortho nitro benzene ring substituents is 1. The minimum absolute atomic E-state index is 0.0800. The molecule has 1 aromatic heterocycles. The van der Waals surface area contributed by atoms with Crippen molar-refractivity contribution in [2.24, 2.45) is 0 Å². The molecular weight excluding hydrogens is 336 g/mol. The van der Waals surface area contributed by atoms with Crippen molar-refractivity contribution in [3.63, 3.8) is 0 Å². The Balaban J connectivity index is 1.91. The van der Waals surface area contributed by atoms with Crippen LogP contribution in [0.2, 0.25) is 0 Å². The molecule has 7 heteroatoms. The van der Waals surface area contributed by atoms with Gasteiger partial charge in [-0.25, -0.2) is 4.98 Å². The normalized spacial score (nSPS) is 22.4. The van der Waals surface area contributed by atoms with Crippen LogP contribution < -0.4 is 4.90 Å². The summed E-state index contributed by atoms with van der Waals surface area (Å²) in [6.07, 6.45) is 4.78. The summed E-state index contributed by atoms with van der Waals surface area (Å²) in [5.74, 6) is 0.766. The Hall–Kier alpha value is -1.63. The molecule has 0 aliphatic heterocycles. The molecule has 2 aromatic rings. The Bertz CT molecular complexity index is 672. The number of hydrogen-bond acceptors (Lipinski definition) is 4. The Morgan fingerprint density at radius 3 is 2.90 bits per heavy atom. The lowest BCUT2D eigenvalue weighted by atomic mass is 9.94. The van der Waals surface area contributed by atoms with Gasteiger partial charge < -0.3 is 9.88 Å². The number of nitro benzene ring substituents is 1. The van der Waals surface area contributed by atoms with E-state index in [9.17, 15) is 10.1 Å². The third kappa shape index (κ3) is 2.74. The number of benzene rings is 1. The van der Waals surface area contributed by atoms with E-state index in [0.717, 1.165) is 17.9 Å². The molecule has 1 aliphatic rings. The predicted molar refractivity (Wildman–Crippen MR) is 86.1 cm³/mol. The molecule has 1 saturated carbocycles. The molecule has 2 atom stereocenters. The summed E-state index contributed by atoms with van der Waals surface area (Å²) in [6, 6.07) is 5.11. The number of aromatic nitrogens is 2. The number of hydrogen-bond donors (Lipinski definition) is 1. The van der Waals surface area contributed by atoms with Gasteiger partial charge in [-0.2, -0.15) is 0 Å². The number of anilines is 1. The standard InChI is InChI=1S/C14H17BrN4O2/c1-18(13-5-3-2-4-10(13)15)14-16-11-7-6-9(19(20)21)8-12(11)17-14/h6-8,10,13H,2-5H2,1H3,(H,16,17). The highest BCUT2D eigenvalue weighted by atomic mass is 79.9. The molecule has 0 saturated heterocycles. The van der Waals surface area contributed by atoms with Gasteiger partial charge in [0.25, 0.3) is 5.69 Å². The summed E-state index contributed by atoms with van der Waals surface area (Å²) in [4.78, 5) is 20.8. The third-order valence-electron chi connectivity index (χ3n) is 4.14. The van der Waals surface area contributed by atoms with Crippen LogP contribution in [-0.4, -0.2) is 32.8 Å². The molecule has 1 N–H and O–H groups in total. The number of aromatic amines is 1. The Morgan fingerprint density at radius 1 is 1.43 bits per heavy atom. The lowest BCUT2D eigenvalue weighted by Crippen LogP contribution is -2.41. The Morgan fingerprint density at radius 2 is 2.19 bits per heavy atom. The molecule has 2 unspecified atom stereocenters. The number of H-pyrrole nitrogens is 1. The van der Waals surface area contributed by atoms with Gasteiger partial charge in [-0.15, -0.1) is 0 Å². The van der Waals surface area contributed by atoms with E-state index in [1.807, 2.05) is 7.05 Å². The van der Waals surface area contributed by atoms with Gasteiger partial charge in [-0.3, -0.25) is 10.1 Å². The van der Waals surface area contributed by atoms with Crippen molar-refractivity contribution in [3.8, 4) is 0 Å². The largest absolute Gasteiger partial charge is 0.341 e. The molecule has 1 aromatic carbocycles. The van der Waals surface area contributed by atoms with Gasteiger partial charge in [0, 0.05) is 30.0 Å². The van der Waals surface area contributed by atoms with Crippen molar-refractivity contribution >= 4 is 38.6 Å². The minimum atomic E-state index is -0.390. The first kappa shape index (κ1) is 14.3. The fourth-order valence-corrected chi connectivity index (χ4v) is 3.87. The summed E-state index contributed by atoms with van der Waals surface area (Å²) in [5.41, 5.74) is 1.54. The van der Waals surface area contributed by atoms with Crippen LogP contribution >= 0.6 is 15.9 Å². The van der Waals surface area contributed by atoms with Crippen molar-refractivity contribution in [1.29, 1.82) is 0 Å². The van der Waals surface area contributed by atoms with E-state index in [1.54, 1.807) is 6.07 Å². The van der Waals surface area contributed by atoms with Crippen LogP contribution in [0.3, 0.4) is 0 Å². The quantitative estimate of drug-likeness (QED) is 0.520. The van der Waals surface area contributed by atoms with Gasteiger partial charge in [-0.1, -0.05) is 28.8 Å². The van der Waals surface area contributed by atoms with Gasteiger partial charge in [-0.05, 0) is 18.9 Å². The zero-order valence-corrected chi connectivity index (χ0v) is 13.3. The highest BCUT2D eigenvalue weighted by molar-refractivity contribution is 9.09. The number of nitro groups is 1. The number of imidazole rings is 1. The molecule has 1 fully saturated rings. The summed E-state index contributed by atoms with van der Waals surface area (Å²) in [6.45, 7) is 0. The number of halogens is 1. The van der Waals surface area contributed by atoms with Crippen LogP contribution in [0.4, 0.5) is 11.6 Å². The van der Waals surface area contributed by atoms with E-state index >= 15 is 0 Å². The van der Waals surface area contributed by atoms with Crippen LogP contribution in [0.5, 0.6) is 0 Å². The van der Waals surface area contributed by atoms with Crippen molar-refractivity contribution in [3.05, 3.63) is 28.3 Å². The molecule has 0 radical (unpaired) electrons. The number of fused-ring (bicyclic) bond motifs is 1. The number of alkyl halides is 1. The first-order valence-electron chi connectivity index (χ1n) is 7.07. The van der Waals surface area contributed by atoms with E-state index in [1.165, 1.54) is 31.4 Å². The predicted octanol–water partition coefficient (Wildman–Crippen LogP) is 3.61. The van der Waals surface area contributed by atoms with Crippen molar-refractivity contribution < 1.29 is 4.92 Å². The molecular formula is C14H17BrN4O2. The second-order valence-electron chi connectivity index (χ2n) is 5.50. The molecule has 0 amide bonds. The Labute approximate surface area is 130 Å². The maximum atomic E-state index is 10.8. The number of nitrogens with zero attached hydrogens (tertiary/aromatic N) is 3. The second-order valence-corrected chi connectivity index (χ2v) is 6.67. The zero-order valence-electron chi connectivity index (χ0n) is 11.8. The maximum absolute atomic E-state index is 10.8. The molecule has 1 aliphatic carbocycles. The van der Waals surface area contributed by atoms with Gasteiger partial charge in [0.05, 0.1) is 16.0 Å². The fourth-order valence-electron chi connectivity index (χ4n) is 2.92. The van der Waals surface area contributed by atoms with Crippen LogP contribution in [0.1, 0.15) is 25.7 Å². The molecule has 21 heavy (non-hydrogen) atoms. The van der Waals surface area contributed by atoms with Crippen LogP contribution in [0.15, 0.2) is 18.2 Å². The molecule has 112 valence electrons. The van der Waals surface area contributed by atoms with Crippen molar-refractivity contribution in [2.75, 3.05) is 11.9 Å². The highest BCUT2D eigenvalue weighted by Crippen LogP contribution is 2.31. The highest BCUT2D eigenvalue weighted by Gasteiger charge is 2.28. The fraction of sp³-hybridized carbons (Fsp3) is 0.500. The van der Waals surface area contributed by atoms with Crippen LogP contribution in [0, 0.1) is 10.1 Å². The smallest absolute Gasteiger partial charge is 0.271 e. The Kier molecular flexibility index (Phi) is 3.84. The van der Waals surface area contributed by atoms with E-state index in [0.29, 0.717) is 16.4 Å². The molecule has 0 spiro atoms. The molecule has 1 heterocycles. The topological polar surface area (TPSA) is 75.1 Å². The van der Waals surface area contributed by atoms with E-state index in [-0.39, 0.29) is 10.6 Å². The number of rotatable bonds is 3. The van der Waals surface area contributed by atoms with Gasteiger partial charge in [0.1, 0.15) is 0 Å². The van der Waals surface area contributed by atoms with E-state index in [4.69, 9.17) is 0 Å². The van der Waals surface area contributed by atoms with E-state index < -0.39 is 0 Å². The average molecular weight is 353 g/mol. The lowest BCUT2D eigenvalue weighted by Gasteiger charge is -2.34. The van der Waals surface area contributed by atoms with Crippen LogP contribution in [-0.2, 0) is 0 Å². The molecule has 0 bridgehead atoms. The van der Waals surface area contributed by atoms with Gasteiger partial charge in [0.15, 0.2) is 0 Å². The van der Waals surface area contributed by atoms with Gasteiger partial charge in [0.2, 0.25) is 5.95 Å². The SMILES string of the molecule is CN(c1nc2ccc([N+](=O)[O-])cc2[nH]1)C1CCCCC1Br. The number of nitrogens with one attached hydrogen (secondary N) is 1. The van der Waals surface area contributed by atoms with Crippen molar-refractivity contribution in [1.82, 2.24) is 9.97 Å². The first-order chi connectivity index (χ1) is 10.1. The van der Waals surface area contributed by atoms with Crippen LogP contribution in [0.25, 0.3) is 11.0 Å². The lowest BCUT2D eigenvalue weighted by molar-refractivity contribution is -0.384. The summed E-state index contributed by atoms with van der Waals surface area (Å²) in [7, 11) is 2.02. The van der Waals surface area contributed by atoms with Crippen molar-refractivity contribution in [2.45, 2.75) is 36.6 Å². The van der Waals surface area contributed by atoms with E-state index in [2.05, 4.69) is 30.8 Å². The summed E-state index contributed by atoms with van der Waals surface area (Å²) in [5, 5.41) is 10.8. The third-order valence-corrected chi connectivity index (χ3v) is 5.21. The average Bonchev–Trinajstić information content (AvgIpc) is 2.89. The maximum Gasteiger partial charge on any atom is 0.271 e. The minimum Gasteiger partial charge on any atom is -0.341 e. The molecule has 3 rings (SSSR count). The zero-order chi connectivity index (χ0) is 15.0.